The number of ether oxygens (including phenoxy) is 1. The first-order valence-electron chi connectivity index (χ1n) is 14.7. The molecule has 2 atom stereocenters. The molecule has 4 fully saturated rings. The molecule has 0 spiro atoms. The molecule has 2 aromatic rings. The molecule has 5 nitrogen and oxygen atoms in total. The zero-order valence-electron chi connectivity index (χ0n) is 23.2. The maximum absolute atomic E-state index is 13.3. The molecule has 2 aromatic carbocycles. The first kappa shape index (κ1) is 25.8. The van der Waals surface area contributed by atoms with E-state index in [0.29, 0.717) is 5.69 Å². The van der Waals surface area contributed by atoms with Crippen LogP contribution in [0.5, 0.6) is 5.75 Å². The maximum Gasteiger partial charge on any atom is 0.299 e. The summed E-state index contributed by atoms with van der Waals surface area (Å²) in [5.41, 5.74) is 4.86. The Bertz CT molecular complexity index is 1310. The number of unbranched alkanes of at least 4 members (excludes halogenated alkanes) is 1. The number of benzene rings is 2. The summed E-state index contributed by atoms with van der Waals surface area (Å²) in [5, 5.41) is 3.91. The molecule has 0 radical (unpaired) electrons. The van der Waals surface area contributed by atoms with Gasteiger partial charge in [-0.3, -0.25) is 4.79 Å². The number of terminal acetylenes is 1. The number of fused-ring (bicyclic) bond motifs is 1. The second-order valence-electron chi connectivity index (χ2n) is 12.5. The van der Waals surface area contributed by atoms with Gasteiger partial charge in [0.1, 0.15) is 5.75 Å². The molecule has 5 heteroatoms. The average Bonchev–Trinajstić information content (AvgIpc) is 2.93. The van der Waals surface area contributed by atoms with Crippen LogP contribution in [0.15, 0.2) is 36.4 Å². The molecule has 0 unspecified atom stereocenters. The highest BCUT2D eigenvalue weighted by atomic mass is 16.5. The predicted octanol–water partition coefficient (Wildman–Crippen LogP) is 7.29. The highest BCUT2D eigenvalue weighted by Gasteiger charge is 2.51. The van der Waals surface area contributed by atoms with Gasteiger partial charge in [0.15, 0.2) is 0 Å². The third-order valence-corrected chi connectivity index (χ3v) is 9.92. The number of nitrogens with one attached hydrogen (secondary N) is 1. The van der Waals surface area contributed by atoms with Crippen LogP contribution >= 0.6 is 0 Å². The highest BCUT2D eigenvalue weighted by molar-refractivity contribution is 5.94. The second-order valence-corrected chi connectivity index (χ2v) is 12.5. The minimum atomic E-state index is -0.334. The van der Waals surface area contributed by atoms with Crippen LogP contribution in [0.2, 0.25) is 0 Å². The summed E-state index contributed by atoms with van der Waals surface area (Å²) >= 11 is 0. The number of nitrogens with zero attached hydrogens (tertiary/aromatic N) is 2. The maximum atomic E-state index is 13.3. The standard InChI is InChI=1S/C34H39N3O2/c1-5-7-8-27-16-26-17-28(39-4)10-11-29(26)33(37(27)32(38)6-2)25-9-12-30(31(18-25)35-3)36-34-19-22-13-23(20-34)15-24(14-22)21-34/h2,9-12,17-18,22-24,27,33,36H,5,7-8,13-16,19-21H2,1,4H3/t22?,23?,24?,27-,33-,34?/m0/s1. The van der Waals surface area contributed by atoms with Crippen molar-refractivity contribution in [1.29, 1.82) is 0 Å². The summed E-state index contributed by atoms with van der Waals surface area (Å²) in [6.45, 7) is 10.3. The lowest BCUT2D eigenvalue weighted by atomic mass is 9.53. The van der Waals surface area contributed by atoms with E-state index in [2.05, 4.69) is 47.3 Å². The number of amides is 1. The van der Waals surface area contributed by atoms with Crippen molar-refractivity contribution in [1.82, 2.24) is 4.90 Å². The Kier molecular flexibility index (Phi) is 6.80. The van der Waals surface area contributed by atoms with E-state index in [1.54, 1.807) is 7.11 Å². The minimum Gasteiger partial charge on any atom is -0.497 e. The topological polar surface area (TPSA) is 45.9 Å². The molecule has 4 saturated carbocycles. The van der Waals surface area contributed by atoms with Gasteiger partial charge in [-0.2, -0.15) is 0 Å². The van der Waals surface area contributed by atoms with Crippen molar-refractivity contribution in [2.45, 2.75) is 88.8 Å². The lowest BCUT2D eigenvalue weighted by molar-refractivity contribution is -0.130. The van der Waals surface area contributed by atoms with Crippen molar-refractivity contribution in [2.24, 2.45) is 17.8 Å². The van der Waals surface area contributed by atoms with Gasteiger partial charge in [0.2, 0.25) is 5.69 Å². The van der Waals surface area contributed by atoms with Crippen molar-refractivity contribution < 1.29 is 9.53 Å². The number of methoxy groups -OCH3 is 1. The van der Waals surface area contributed by atoms with Gasteiger partial charge in [-0.15, -0.1) is 6.42 Å². The Morgan fingerprint density at radius 2 is 1.87 bits per heavy atom. The van der Waals surface area contributed by atoms with E-state index in [1.165, 1.54) is 44.1 Å². The fourth-order valence-corrected chi connectivity index (χ4v) is 8.71. The normalized spacial score (nSPS) is 30.3. The van der Waals surface area contributed by atoms with Crippen LogP contribution in [0.1, 0.15) is 87.4 Å². The van der Waals surface area contributed by atoms with E-state index >= 15 is 0 Å². The van der Waals surface area contributed by atoms with Crippen LogP contribution in [0.3, 0.4) is 0 Å². The summed E-state index contributed by atoms with van der Waals surface area (Å²) in [5.74, 6) is 5.43. The Morgan fingerprint density at radius 1 is 1.15 bits per heavy atom. The number of hydrogen-bond donors (Lipinski definition) is 1. The molecule has 1 heterocycles. The van der Waals surface area contributed by atoms with Gasteiger partial charge < -0.3 is 15.0 Å². The molecule has 4 bridgehead atoms. The van der Waals surface area contributed by atoms with E-state index in [1.807, 2.05) is 17.0 Å². The Morgan fingerprint density at radius 3 is 2.49 bits per heavy atom. The molecule has 7 rings (SSSR count). The third-order valence-electron chi connectivity index (χ3n) is 9.92. The largest absolute Gasteiger partial charge is 0.497 e. The summed E-state index contributed by atoms with van der Waals surface area (Å²) in [4.78, 5) is 19.2. The van der Waals surface area contributed by atoms with Crippen molar-refractivity contribution in [2.75, 3.05) is 12.4 Å². The molecule has 0 saturated heterocycles. The van der Waals surface area contributed by atoms with Crippen molar-refractivity contribution in [3.05, 3.63) is 64.5 Å². The van der Waals surface area contributed by atoms with Crippen LogP contribution in [0.25, 0.3) is 4.85 Å². The third kappa shape index (κ3) is 4.67. The van der Waals surface area contributed by atoms with Crippen LogP contribution in [-0.2, 0) is 11.2 Å². The monoisotopic (exact) mass is 521 g/mol. The lowest BCUT2D eigenvalue weighted by Gasteiger charge is -2.57. The van der Waals surface area contributed by atoms with Crippen molar-refractivity contribution in [3.63, 3.8) is 0 Å². The molecule has 5 aliphatic rings. The molecule has 1 aliphatic heterocycles. The number of carbonyl (C=O) groups excluding carboxylic acids is 1. The smallest absolute Gasteiger partial charge is 0.299 e. The molecule has 1 N–H and O–H groups in total. The van der Waals surface area contributed by atoms with Gasteiger partial charge in [-0.25, -0.2) is 4.85 Å². The number of carbonyl (C=O) groups is 1. The van der Waals surface area contributed by atoms with E-state index in [-0.39, 0.29) is 23.5 Å². The molecule has 1 amide bonds. The van der Waals surface area contributed by atoms with Crippen LogP contribution < -0.4 is 10.1 Å². The van der Waals surface area contributed by atoms with Crippen molar-refractivity contribution in [3.8, 4) is 18.1 Å². The first-order valence-corrected chi connectivity index (χ1v) is 14.7. The van der Waals surface area contributed by atoms with Crippen LogP contribution in [0.4, 0.5) is 11.4 Å². The Hall–Kier alpha value is -3.44. The SMILES string of the molecule is [C-]#[N+]c1cc([C@H]2c3ccc(OC)cc3C[C@H](CCCC)N2C(=O)C#C)ccc1NC12CC3CC(CC(C3)C1)C2. The molecule has 202 valence electrons. The second kappa shape index (κ2) is 10.3. The van der Waals surface area contributed by atoms with E-state index < -0.39 is 0 Å². The molecular weight excluding hydrogens is 482 g/mol. The fourth-order valence-electron chi connectivity index (χ4n) is 8.71. The molecule has 4 aliphatic carbocycles. The quantitative estimate of drug-likeness (QED) is 0.307. The summed E-state index contributed by atoms with van der Waals surface area (Å²) in [6.07, 6.45) is 17.3. The number of anilines is 1. The summed E-state index contributed by atoms with van der Waals surface area (Å²) in [7, 11) is 1.68. The van der Waals surface area contributed by atoms with Gasteiger partial charge in [-0.05, 0) is 116 Å². The summed E-state index contributed by atoms with van der Waals surface area (Å²) < 4.78 is 5.54. The van der Waals surface area contributed by atoms with Crippen LogP contribution in [-0.4, -0.2) is 29.5 Å². The molecule has 39 heavy (non-hydrogen) atoms. The number of hydrogen-bond acceptors (Lipinski definition) is 3. The molecule has 0 aromatic heterocycles. The van der Waals surface area contributed by atoms with E-state index in [4.69, 9.17) is 17.7 Å². The zero-order valence-corrected chi connectivity index (χ0v) is 23.2. The lowest BCUT2D eigenvalue weighted by Crippen LogP contribution is -2.54. The fraction of sp³-hybridized carbons (Fsp3) is 0.529. The highest BCUT2D eigenvalue weighted by Crippen LogP contribution is 2.57. The van der Waals surface area contributed by atoms with Gasteiger partial charge in [0.25, 0.3) is 5.91 Å². The first-order chi connectivity index (χ1) is 19.0. The zero-order chi connectivity index (χ0) is 27.1. The Labute approximate surface area is 233 Å². The molecular formula is C34H39N3O2. The predicted molar refractivity (Wildman–Crippen MR) is 155 cm³/mol. The number of rotatable bonds is 7. The summed E-state index contributed by atoms with van der Waals surface area (Å²) in [6, 6.07) is 12.0. The van der Waals surface area contributed by atoms with Crippen LogP contribution in [0, 0.1) is 36.7 Å². The Balaban J connectivity index is 1.39. The van der Waals surface area contributed by atoms with Gasteiger partial charge in [0.05, 0.1) is 19.7 Å². The van der Waals surface area contributed by atoms with Gasteiger partial charge in [-0.1, -0.05) is 31.9 Å². The minimum absolute atomic E-state index is 0.000627. The van der Waals surface area contributed by atoms with Crippen molar-refractivity contribution >= 4 is 17.3 Å². The van der Waals surface area contributed by atoms with Gasteiger partial charge in [0, 0.05) is 17.3 Å². The van der Waals surface area contributed by atoms with Gasteiger partial charge >= 0.3 is 0 Å². The van der Waals surface area contributed by atoms with E-state index in [9.17, 15) is 4.79 Å². The average molecular weight is 522 g/mol. The van der Waals surface area contributed by atoms with E-state index in [0.717, 1.165) is 66.0 Å².